The summed E-state index contributed by atoms with van der Waals surface area (Å²) in [6.45, 7) is 2.34. The zero-order valence-corrected chi connectivity index (χ0v) is 15.8. The molecule has 6 nitrogen and oxygen atoms in total. The molecule has 29 heavy (non-hydrogen) atoms. The van der Waals surface area contributed by atoms with Gasteiger partial charge in [0.25, 0.3) is 0 Å². The number of carbonyl (C=O) groups excluding carboxylic acids is 1. The molecule has 0 unspecified atom stereocenters. The number of esters is 1. The Balaban J connectivity index is 1.39. The quantitative estimate of drug-likeness (QED) is 0.406. The lowest BCUT2D eigenvalue weighted by atomic mass is 10.1. The minimum atomic E-state index is -0.404. The summed E-state index contributed by atoms with van der Waals surface area (Å²) in [5.74, 6) is 0.943. The molecule has 4 aromatic rings. The maximum absolute atomic E-state index is 12.1. The maximum atomic E-state index is 12.1. The molecule has 0 amide bonds. The molecule has 146 valence electrons. The third-order valence-electron chi connectivity index (χ3n) is 4.46. The molecule has 0 fully saturated rings. The molecule has 0 aliphatic rings. The number of aryl methyl sites for hydroxylation is 1. The first-order valence-corrected chi connectivity index (χ1v) is 9.12. The van der Waals surface area contributed by atoms with Gasteiger partial charge < -0.3 is 18.4 Å². The van der Waals surface area contributed by atoms with Crippen molar-refractivity contribution in [2.45, 2.75) is 20.1 Å². The molecule has 2 heterocycles. The van der Waals surface area contributed by atoms with Crippen molar-refractivity contribution in [3.05, 3.63) is 95.6 Å². The molecule has 0 bridgehead atoms. The molecule has 6 heteroatoms. The van der Waals surface area contributed by atoms with Crippen LogP contribution in [0.1, 0.15) is 27.2 Å². The van der Waals surface area contributed by atoms with Crippen LogP contribution in [0.4, 0.5) is 0 Å². The first-order chi connectivity index (χ1) is 14.2. The van der Waals surface area contributed by atoms with Crippen molar-refractivity contribution in [2.75, 3.05) is 0 Å². The van der Waals surface area contributed by atoms with Crippen LogP contribution in [-0.2, 0) is 18.0 Å². The third-order valence-corrected chi connectivity index (χ3v) is 4.46. The number of hydrogen-bond donors (Lipinski definition) is 0. The number of ether oxygens (including phenoxy) is 2. The largest absolute Gasteiger partial charge is 0.489 e. The molecule has 2 aromatic heterocycles. The van der Waals surface area contributed by atoms with Crippen molar-refractivity contribution in [3.63, 3.8) is 0 Å². The second kappa shape index (κ2) is 8.48. The number of furan rings is 1. The molecule has 4 rings (SSSR count). The smallest absolute Gasteiger partial charge is 0.338 e. The summed E-state index contributed by atoms with van der Waals surface area (Å²) in [5, 5.41) is 4.15. The van der Waals surface area contributed by atoms with Gasteiger partial charge in [0.05, 0.1) is 23.7 Å². The van der Waals surface area contributed by atoms with E-state index in [1.807, 2.05) is 37.3 Å². The van der Waals surface area contributed by atoms with Crippen LogP contribution in [0.15, 0.2) is 82.1 Å². The molecular weight excluding hydrogens is 370 g/mol. The van der Waals surface area contributed by atoms with Crippen LogP contribution >= 0.6 is 0 Å². The summed E-state index contributed by atoms with van der Waals surface area (Å²) < 4.78 is 21.4. The van der Waals surface area contributed by atoms with Crippen LogP contribution in [0.25, 0.3) is 11.3 Å². The van der Waals surface area contributed by atoms with Crippen molar-refractivity contribution in [1.29, 1.82) is 0 Å². The Labute approximate surface area is 167 Å². The Morgan fingerprint density at radius 2 is 1.79 bits per heavy atom. The van der Waals surface area contributed by atoms with Gasteiger partial charge >= 0.3 is 5.97 Å². The highest BCUT2D eigenvalue weighted by molar-refractivity contribution is 5.89. The van der Waals surface area contributed by atoms with Crippen LogP contribution in [0.2, 0.25) is 0 Å². The molecule has 0 aliphatic carbocycles. The molecule has 0 atom stereocenters. The lowest BCUT2D eigenvalue weighted by Gasteiger charge is -2.08. The first-order valence-electron chi connectivity index (χ1n) is 9.12. The zero-order chi connectivity index (χ0) is 20.1. The summed E-state index contributed by atoms with van der Waals surface area (Å²) in [5.41, 5.74) is 3.88. The monoisotopic (exact) mass is 389 g/mol. The topological polar surface area (TPSA) is 74.7 Å². The molecular formula is C23H19NO5. The minimum Gasteiger partial charge on any atom is -0.489 e. The summed E-state index contributed by atoms with van der Waals surface area (Å²) >= 11 is 0. The molecule has 0 radical (unpaired) electrons. The number of rotatable bonds is 7. The average Bonchev–Trinajstić information content (AvgIpc) is 3.41. The number of nitrogens with zero attached hydrogens (tertiary/aromatic N) is 1. The van der Waals surface area contributed by atoms with E-state index in [1.54, 1.807) is 36.6 Å². The standard InChI is InChI=1S/C23H19NO5/c1-16-21(22(24-29-16)18-5-3-2-4-6-18)15-27-20-9-7-19(8-10-20)23(25)28-14-17-11-12-26-13-17/h2-13H,14-15H2,1H3. The van der Waals surface area contributed by atoms with E-state index in [9.17, 15) is 4.79 Å². The normalized spacial score (nSPS) is 10.7. The van der Waals surface area contributed by atoms with E-state index in [1.165, 1.54) is 6.26 Å². The maximum Gasteiger partial charge on any atom is 0.338 e. The van der Waals surface area contributed by atoms with Gasteiger partial charge in [-0.05, 0) is 37.3 Å². The Morgan fingerprint density at radius 3 is 2.52 bits per heavy atom. The van der Waals surface area contributed by atoms with Crippen LogP contribution in [0.3, 0.4) is 0 Å². The van der Waals surface area contributed by atoms with Crippen LogP contribution in [0, 0.1) is 6.92 Å². The van der Waals surface area contributed by atoms with E-state index in [0.29, 0.717) is 23.7 Å². The fourth-order valence-electron chi connectivity index (χ4n) is 2.83. The predicted octanol–water partition coefficient (Wildman–Crippen LogP) is 5.18. The fourth-order valence-corrected chi connectivity index (χ4v) is 2.83. The van der Waals surface area contributed by atoms with Gasteiger partial charge in [-0.3, -0.25) is 0 Å². The number of carbonyl (C=O) groups is 1. The summed E-state index contributed by atoms with van der Waals surface area (Å²) in [6, 6.07) is 18.4. The van der Waals surface area contributed by atoms with Gasteiger partial charge in [-0.1, -0.05) is 35.5 Å². The highest BCUT2D eigenvalue weighted by Crippen LogP contribution is 2.26. The second-order valence-corrected chi connectivity index (χ2v) is 6.45. The van der Waals surface area contributed by atoms with Crippen molar-refractivity contribution >= 4 is 5.97 Å². The summed E-state index contributed by atoms with van der Waals surface area (Å²) in [7, 11) is 0. The van der Waals surface area contributed by atoms with Gasteiger partial charge in [0.1, 0.15) is 30.4 Å². The van der Waals surface area contributed by atoms with Crippen molar-refractivity contribution in [3.8, 4) is 17.0 Å². The fraction of sp³-hybridized carbons (Fsp3) is 0.130. The van der Waals surface area contributed by atoms with Gasteiger partial charge in [0, 0.05) is 11.1 Å². The van der Waals surface area contributed by atoms with E-state index in [2.05, 4.69) is 5.16 Å². The highest BCUT2D eigenvalue weighted by Gasteiger charge is 2.15. The average molecular weight is 389 g/mol. The number of hydrogen-bond acceptors (Lipinski definition) is 6. The lowest BCUT2D eigenvalue weighted by molar-refractivity contribution is 0.0472. The first kappa shape index (κ1) is 18.6. The lowest BCUT2D eigenvalue weighted by Crippen LogP contribution is -2.05. The van der Waals surface area contributed by atoms with E-state index in [4.69, 9.17) is 18.4 Å². The van der Waals surface area contributed by atoms with Crippen LogP contribution in [-0.4, -0.2) is 11.1 Å². The Bertz CT molecular complexity index is 1070. The molecule has 0 N–H and O–H groups in total. The van der Waals surface area contributed by atoms with E-state index in [-0.39, 0.29) is 6.61 Å². The van der Waals surface area contributed by atoms with Crippen molar-refractivity contribution in [1.82, 2.24) is 5.16 Å². The van der Waals surface area contributed by atoms with Gasteiger partial charge in [-0.15, -0.1) is 0 Å². The molecule has 2 aromatic carbocycles. The molecule has 0 saturated heterocycles. The Kier molecular flexibility index (Phi) is 5.42. The molecule has 0 aliphatic heterocycles. The number of aromatic nitrogens is 1. The van der Waals surface area contributed by atoms with Gasteiger partial charge in [-0.25, -0.2) is 4.79 Å². The van der Waals surface area contributed by atoms with Gasteiger partial charge in [-0.2, -0.15) is 0 Å². The summed E-state index contributed by atoms with van der Waals surface area (Å²) in [6.07, 6.45) is 3.08. The Hall–Kier alpha value is -3.80. The van der Waals surface area contributed by atoms with Crippen molar-refractivity contribution < 1.29 is 23.2 Å². The molecule has 0 saturated carbocycles. The highest BCUT2D eigenvalue weighted by atomic mass is 16.5. The van der Waals surface area contributed by atoms with E-state index < -0.39 is 5.97 Å². The van der Waals surface area contributed by atoms with Gasteiger partial charge in [0.15, 0.2) is 0 Å². The van der Waals surface area contributed by atoms with Crippen LogP contribution in [0.5, 0.6) is 5.75 Å². The third kappa shape index (κ3) is 4.38. The second-order valence-electron chi connectivity index (χ2n) is 6.45. The Morgan fingerprint density at radius 1 is 1.00 bits per heavy atom. The van der Waals surface area contributed by atoms with Gasteiger partial charge in [0.2, 0.25) is 0 Å². The number of benzene rings is 2. The molecule has 0 spiro atoms. The summed E-state index contributed by atoms with van der Waals surface area (Å²) in [4.78, 5) is 12.1. The SMILES string of the molecule is Cc1onc(-c2ccccc2)c1COc1ccc(C(=O)OCc2ccoc2)cc1. The van der Waals surface area contributed by atoms with E-state index >= 15 is 0 Å². The predicted molar refractivity (Wildman–Crippen MR) is 105 cm³/mol. The zero-order valence-electron chi connectivity index (χ0n) is 15.8. The van der Waals surface area contributed by atoms with Crippen LogP contribution < -0.4 is 4.74 Å². The van der Waals surface area contributed by atoms with Crippen molar-refractivity contribution in [2.24, 2.45) is 0 Å². The van der Waals surface area contributed by atoms with E-state index in [0.717, 1.165) is 22.4 Å². The minimum absolute atomic E-state index is 0.169.